The minimum absolute atomic E-state index is 0.118. The number of phenols is 1. The summed E-state index contributed by atoms with van der Waals surface area (Å²) in [6.45, 7) is 0. The van der Waals surface area contributed by atoms with E-state index in [4.69, 9.17) is 0 Å². The van der Waals surface area contributed by atoms with Crippen LogP contribution in [0.3, 0.4) is 0 Å². The lowest BCUT2D eigenvalue weighted by Crippen LogP contribution is -2.29. The normalized spacial score (nSPS) is 10.4. The second kappa shape index (κ2) is 6.88. The quantitative estimate of drug-likeness (QED) is 0.427. The van der Waals surface area contributed by atoms with Crippen molar-refractivity contribution in [3.63, 3.8) is 0 Å². The highest BCUT2D eigenvalue weighted by atomic mass is 127. The van der Waals surface area contributed by atoms with Gasteiger partial charge in [0.2, 0.25) is 0 Å². The van der Waals surface area contributed by atoms with E-state index < -0.39 is 11.8 Å². The Kier molecular flexibility index (Phi) is 4.66. The van der Waals surface area contributed by atoms with Crippen molar-refractivity contribution in [1.82, 2.24) is 0 Å². The van der Waals surface area contributed by atoms with E-state index in [9.17, 15) is 14.7 Å². The third-order valence-electron chi connectivity index (χ3n) is 3.46. The lowest BCUT2D eigenvalue weighted by molar-refractivity contribution is -0.132. The Labute approximate surface area is 151 Å². The van der Waals surface area contributed by atoms with E-state index in [0.29, 0.717) is 22.1 Å². The fourth-order valence-electron chi connectivity index (χ4n) is 2.30. The Morgan fingerprint density at radius 1 is 0.792 bits per heavy atom. The van der Waals surface area contributed by atoms with Gasteiger partial charge in [0.25, 0.3) is 0 Å². The molecule has 24 heavy (non-hydrogen) atoms. The van der Waals surface area contributed by atoms with Gasteiger partial charge < -0.3 is 15.7 Å². The summed E-state index contributed by atoms with van der Waals surface area (Å²) in [5.74, 6) is -1.41. The van der Waals surface area contributed by atoms with Crippen molar-refractivity contribution in [2.24, 2.45) is 0 Å². The molecule has 0 saturated heterocycles. The smallest absolute Gasteiger partial charge is 0.314 e. The molecule has 3 aromatic rings. The standard InChI is InChI=1S/C18H13IN2O3/c19-11-7-9-12(10-8-11)20-17(23)18(24)21-15-5-1-4-14-13(15)3-2-6-16(14)22/h1-10,22H,(H,20,23)(H,21,24). The molecule has 3 N–H and O–H groups in total. The number of hydrogen-bond acceptors (Lipinski definition) is 3. The van der Waals surface area contributed by atoms with Gasteiger partial charge in [0.05, 0.1) is 0 Å². The van der Waals surface area contributed by atoms with Crippen molar-refractivity contribution in [2.75, 3.05) is 10.6 Å². The highest BCUT2D eigenvalue weighted by molar-refractivity contribution is 14.1. The minimum Gasteiger partial charge on any atom is -0.507 e. The summed E-state index contributed by atoms with van der Waals surface area (Å²) < 4.78 is 1.03. The lowest BCUT2D eigenvalue weighted by Gasteiger charge is -2.10. The zero-order chi connectivity index (χ0) is 17.1. The zero-order valence-corrected chi connectivity index (χ0v) is 14.6. The van der Waals surface area contributed by atoms with Crippen LogP contribution in [0.25, 0.3) is 10.8 Å². The van der Waals surface area contributed by atoms with Gasteiger partial charge >= 0.3 is 11.8 Å². The van der Waals surface area contributed by atoms with Crippen LogP contribution in [-0.2, 0) is 9.59 Å². The van der Waals surface area contributed by atoms with Crippen molar-refractivity contribution in [3.8, 4) is 5.75 Å². The summed E-state index contributed by atoms with van der Waals surface area (Å²) in [5.41, 5.74) is 1.01. The summed E-state index contributed by atoms with van der Waals surface area (Å²) in [6.07, 6.45) is 0. The first-order valence-corrected chi connectivity index (χ1v) is 8.21. The van der Waals surface area contributed by atoms with Crippen molar-refractivity contribution in [3.05, 3.63) is 64.2 Å². The Morgan fingerprint density at radius 2 is 1.42 bits per heavy atom. The first kappa shape index (κ1) is 16.3. The Bertz CT molecular complexity index is 923. The van der Waals surface area contributed by atoms with Gasteiger partial charge in [0, 0.05) is 25.7 Å². The molecule has 0 aliphatic rings. The van der Waals surface area contributed by atoms with E-state index in [1.54, 1.807) is 48.5 Å². The van der Waals surface area contributed by atoms with Crippen LogP contribution in [0.1, 0.15) is 0 Å². The summed E-state index contributed by atoms with van der Waals surface area (Å²) in [6, 6.07) is 17.3. The van der Waals surface area contributed by atoms with Crippen LogP contribution in [0.4, 0.5) is 11.4 Å². The van der Waals surface area contributed by atoms with Crippen LogP contribution in [0.2, 0.25) is 0 Å². The fourth-order valence-corrected chi connectivity index (χ4v) is 2.66. The van der Waals surface area contributed by atoms with Crippen molar-refractivity contribution in [1.29, 1.82) is 0 Å². The predicted octanol–water partition coefficient (Wildman–Crippen LogP) is 3.73. The molecular weight excluding hydrogens is 419 g/mol. The number of carbonyl (C=O) groups excluding carboxylic acids is 2. The Balaban J connectivity index is 1.78. The highest BCUT2D eigenvalue weighted by Gasteiger charge is 2.15. The SMILES string of the molecule is O=C(Nc1ccc(I)cc1)C(=O)Nc1cccc2c(O)cccc12. The number of benzene rings is 3. The van der Waals surface area contributed by atoms with E-state index in [1.807, 2.05) is 12.1 Å². The van der Waals surface area contributed by atoms with Gasteiger partial charge in [-0.3, -0.25) is 9.59 Å². The van der Waals surface area contributed by atoms with E-state index in [0.717, 1.165) is 3.57 Å². The van der Waals surface area contributed by atoms with Gasteiger partial charge in [-0.2, -0.15) is 0 Å². The maximum atomic E-state index is 12.1. The number of rotatable bonds is 2. The maximum absolute atomic E-state index is 12.1. The maximum Gasteiger partial charge on any atom is 0.314 e. The monoisotopic (exact) mass is 432 g/mol. The average Bonchev–Trinajstić information content (AvgIpc) is 2.58. The van der Waals surface area contributed by atoms with Gasteiger partial charge in [-0.1, -0.05) is 24.3 Å². The summed E-state index contributed by atoms with van der Waals surface area (Å²) >= 11 is 2.16. The van der Waals surface area contributed by atoms with Crippen molar-refractivity contribution < 1.29 is 14.7 Å². The van der Waals surface area contributed by atoms with Crippen LogP contribution in [0.15, 0.2) is 60.7 Å². The molecule has 6 heteroatoms. The molecule has 0 spiro atoms. The van der Waals surface area contributed by atoms with Gasteiger partial charge in [-0.05, 0) is 59.0 Å². The zero-order valence-electron chi connectivity index (χ0n) is 12.4. The molecule has 0 radical (unpaired) electrons. The van der Waals surface area contributed by atoms with Gasteiger partial charge in [0.1, 0.15) is 5.75 Å². The molecular formula is C18H13IN2O3. The van der Waals surface area contributed by atoms with Crippen molar-refractivity contribution in [2.45, 2.75) is 0 Å². The number of halogens is 1. The molecule has 2 amide bonds. The molecule has 3 aromatic carbocycles. The van der Waals surface area contributed by atoms with Gasteiger partial charge in [-0.25, -0.2) is 0 Å². The topological polar surface area (TPSA) is 78.4 Å². The van der Waals surface area contributed by atoms with Crippen LogP contribution >= 0.6 is 22.6 Å². The van der Waals surface area contributed by atoms with Crippen LogP contribution < -0.4 is 10.6 Å². The molecule has 0 atom stereocenters. The third kappa shape index (κ3) is 3.48. The molecule has 0 aromatic heterocycles. The number of aromatic hydroxyl groups is 1. The van der Waals surface area contributed by atoms with Crippen LogP contribution in [-0.4, -0.2) is 16.9 Å². The molecule has 0 fully saturated rings. The fraction of sp³-hybridized carbons (Fsp3) is 0. The number of carbonyl (C=O) groups is 2. The van der Waals surface area contributed by atoms with E-state index in [1.165, 1.54) is 0 Å². The second-order valence-electron chi connectivity index (χ2n) is 5.09. The lowest BCUT2D eigenvalue weighted by atomic mass is 10.1. The molecule has 0 heterocycles. The number of phenolic OH excluding ortho intramolecular Hbond substituents is 1. The first-order valence-electron chi connectivity index (χ1n) is 7.13. The van der Waals surface area contributed by atoms with E-state index in [2.05, 4.69) is 33.2 Å². The molecule has 0 saturated carbocycles. The number of nitrogens with one attached hydrogen (secondary N) is 2. The van der Waals surface area contributed by atoms with E-state index in [-0.39, 0.29) is 5.75 Å². The molecule has 0 aliphatic heterocycles. The second-order valence-corrected chi connectivity index (χ2v) is 6.34. The third-order valence-corrected chi connectivity index (χ3v) is 4.17. The summed E-state index contributed by atoms with van der Waals surface area (Å²) in [7, 11) is 0. The van der Waals surface area contributed by atoms with Crippen LogP contribution in [0, 0.1) is 3.57 Å². The Hall–Kier alpha value is -2.61. The molecule has 0 aliphatic carbocycles. The Morgan fingerprint density at radius 3 is 2.17 bits per heavy atom. The number of hydrogen-bond donors (Lipinski definition) is 3. The number of amides is 2. The summed E-state index contributed by atoms with van der Waals surface area (Å²) in [5, 5.41) is 16.3. The molecule has 3 rings (SSSR count). The number of anilines is 2. The number of fused-ring (bicyclic) bond motifs is 1. The molecule has 0 bridgehead atoms. The molecule has 5 nitrogen and oxygen atoms in total. The average molecular weight is 432 g/mol. The predicted molar refractivity (Wildman–Crippen MR) is 102 cm³/mol. The molecule has 120 valence electrons. The highest BCUT2D eigenvalue weighted by Crippen LogP contribution is 2.29. The van der Waals surface area contributed by atoms with Gasteiger partial charge in [0.15, 0.2) is 0 Å². The van der Waals surface area contributed by atoms with Crippen molar-refractivity contribution >= 4 is 56.6 Å². The van der Waals surface area contributed by atoms with E-state index >= 15 is 0 Å². The minimum atomic E-state index is -0.774. The largest absolute Gasteiger partial charge is 0.507 e. The summed E-state index contributed by atoms with van der Waals surface area (Å²) in [4.78, 5) is 24.2. The van der Waals surface area contributed by atoms with Crippen LogP contribution in [0.5, 0.6) is 5.75 Å². The first-order chi connectivity index (χ1) is 11.5. The molecule has 0 unspecified atom stereocenters. The van der Waals surface area contributed by atoms with Gasteiger partial charge in [-0.15, -0.1) is 0 Å².